The molecule has 0 saturated heterocycles. The molecule has 3 heteroatoms. The fraction of sp³-hybridized carbons (Fsp3) is 1.00. The van der Waals surface area contributed by atoms with Crippen molar-refractivity contribution < 1.29 is 0 Å². The lowest BCUT2D eigenvalue weighted by Gasteiger charge is -2.19. The van der Waals surface area contributed by atoms with E-state index < -0.39 is 0 Å². The molecule has 2 nitrogen and oxygen atoms in total. The van der Waals surface area contributed by atoms with Crippen molar-refractivity contribution >= 4 is 12.6 Å². The van der Waals surface area contributed by atoms with Gasteiger partial charge in [-0.25, -0.2) is 0 Å². The van der Waals surface area contributed by atoms with Gasteiger partial charge in [0.1, 0.15) is 0 Å². The van der Waals surface area contributed by atoms with Crippen molar-refractivity contribution in [2.24, 2.45) is 5.73 Å². The standard InChI is InChI=1S/C7H18N2S/c1-6(10)4-9-5-7(2,3)8/h6,9-10H,4-5,8H2,1-3H3. The first kappa shape index (κ1) is 10.3. The van der Waals surface area contributed by atoms with E-state index in [0.717, 1.165) is 13.1 Å². The molecule has 62 valence electrons. The van der Waals surface area contributed by atoms with Crippen LogP contribution in [0.4, 0.5) is 0 Å². The van der Waals surface area contributed by atoms with Gasteiger partial charge in [0.15, 0.2) is 0 Å². The zero-order valence-corrected chi connectivity index (χ0v) is 7.91. The first-order valence-electron chi connectivity index (χ1n) is 3.59. The zero-order chi connectivity index (χ0) is 8.20. The van der Waals surface area contributed by atoms with Gasteiger partial charge < -0.3 is 11.1 Å². The van der Waals surface area contributed by atoms with Crippen molar-refractivity contribution in [3.8, 4) is 0 Å². The molecule has 0 saturated carbocycles. The molecule has 10 heavy (non-hydrogen) atoms. The molecule has 0 spiro atoms. The molecular weight excluding hydrogens is 144 g/mol. The Labute approximate surface area is 69.0 Å². The van der Waals surface area contributed by atoms with Gasteiger partial charge in [-0.3, -0.25) is 0 Å². The second-order valence-corrected chi connectivity index (χ2v) is 4.35. The Bertz CT molecular complexity index is 86.1. The molecule has 1 atom stereocenters. The summed E-state index contributed by atoms with van der Waals surface area (Å²) in [6.45, 7) is 7.83. The molecule has 0 bridgehead atoms. The van der Waals surface area contributed by atoms with E-state index in [0.29, 0.717) is 5.25 Å². The quantitative estimate of drug-likeness (QED) is 0.531. The monoisotopic (exact) mass is 162 g/mol. The summed E-state index contributed by atoms with van der Waals surface area (Å²) in [5.74, 6) is 0. The zero-order valence-electron chi connectivity index (χ0n) is 7.02. The van der Waals surface area contributed by atoms with Crippen LogP contribution >= 0.6 is 12.6 Å². The molecule has 0 aliphatic rings. The lowest BCUT2D eigenvalue weighted by molar-refractivity contribution is 0.469. The normalized spacial score (nSPS) is 15.3. The molecular formula is C7H18N2S. The number of rotatable bonds is 4. The molecule has 0 heterocycles. The topological polar surface area (TPSA) is 38.0 Å². The summed E-state index contributed by atoms with van der Waals surface area (Å²) >= 11 is 4.22. The molecule has 0 aliphatic carbocycles. The second kappa shape index (κ2) is 4.21. The molecule has 0 amide bonds. The van der Waals surface area contributed by atoms with Crippen LogP contribution in [-0.4, -0.2) is 23.9 Å². The van der Waals surface area contributed by atoms with E-state index in [1.54, 1.807) is 0 Å². The molecule has 0 aromatic carbocycles. The summed E-state index contributed by atoms with van der Waals surface area (Å²) in [6, 6.07) is 0. The number of hydrogen-bond donors (Lipinski definition) is 3. The molecule has 0 fully saturated rings. The molecule has 0 aromatic rings. The maximum absolute atomic E-state index is 5.73. The van der Waals surface area contributed by atoms with Gasteiger partial charge in [-0.2, -0.15) is 12.6 Å². The maximum Gasteiger partial charge on any atom is 0.0223 e. The molecule has 0 aromatic heterocycles. The van der Waals surface area contributed by atoms with Gasteiger partial charge in [-0.15, -0.1) is 0 Å². The Balaban J connectivity index is 3.21. The van der Waals surface area contributed by atoms with Gasteiger partial charge >= 0.3 is 0 Å². The highest BCUT2D eigenvalue weighted by atomic mass is 32.1. The van der Waals surface area contributed by atoms with Crippen LogP contribution in [0.2, 0.25) is 0 Å². The number of hydrogen-bond acceptors (Lipinski definition) is 3. The van der Waals surface area contributed by atoms with Crippen molar-refractivity contribution in [2.75, 3.05) is 13.1 Å². The Morgan fingerprint density at radius 3 is 2.40 bits per heavy atom. The van der Waals surface area contributed by atoms with Gasteiger partial charge in [0, 0.05) is 23.9 Å². The van der Waals surface area contributed by atoms with Crippen molar-refractivity contribution in [2.45, 2.75) is 31.6 Å². The van der Waals surface area contributed by atoms with E-state index in [-0.39, 0.29) is 5.54 Å². The van der Waals surface area contributed by atoms with E-state index in [2.05, 4.69) is 24.9 Å². The lowest BCUT2D eigenvalue weighted by Crippen LogP contribution is -2.44. The van der Waals surface area contributed by atoms with E-state index in [9.17, 15) is 0 Å². The summed E-state index contributed by atoms with van der Waals surface area (Å²) in [7, 11) is 0. The minimum absolute atomic E-state index is 0.108. The Hall–Kier alpha value is 0.270. The van der Waals surface area contributed by atoms with Gasteiger partial charge in [0.05, 0.1) is 0 Å². The minimum Gasteiger partial charge on any atom is -0.324 e. The van der Waals surface area contributed by atoms with Crippen LogP contribution in [0.25, 0.3) is 0 Å². The highest BCUT2D eigenvalue weighted by Crippen LogP contribution is 1.94. The summed E-state index contributed by atoms with van der Waals surface area (Å²) < 4.78 is 0. The van der Waals surface area contributed by atoms with Crippen LogP contribution in [-0.2, 0) is 0 Å². The Morgan fingerprint density at radius 2 is 2.10 bits per heavy atom. The van der Waals surface area contributed by atoms with Crippen molar-refractivity contribution in [3.63, 3.8) is 0 Å². The lowest BCUT2D eigenvalue weighted by atomic mass is 10.1. The second-order valence-electron chi connectivity index (χ2n) is 3.47. The average molecular weight is 162 g/mol. The number of nitrogens with one attached hydrogen (secondary N) is 1. The van der Waals surface area contributed by atoms with Crippen molar-refractivity contribution in [3.05, 3.63) is 0 Å². The molecule has 0 aliphatic heterocycles. The number of nitrogens with two attached hydrogens (primary N) is 1. The smallest absolute Gasteiger partial charge is 0.0223 e. The first-order chi connectivity index (χ1) is 4.42. The summed E-state index contributed by atoms with van der Waals surface area (Å²) in [4.78, 5) is 0. The van der Waals surface area contributed by atoms with Crippen LogP contribution in [0.5, 0.6) is 0 Å². The van der Waals surface area contributed by atoms with E-state index in [1.807, 2.05) is 13.8 Å². The summed E-state index contributed by atoms with van der Waals surface area (Å²) in [5.41, 5.74) is 5.63. The third-order valence-electron chi connectivity index (χ3n) is 1.02. The highest BCUT2D eigenvalue weighted by Gasteiger charge is 2.08. The first-order valence-corrected chi connectivity index (χ1v) is 4.11. The molecule has 1 unspecified atom stereocenters. The van der Waals surface area contributed by atoms with Crippen LogP contribution in [0.3, 0.4) is 0 Å². The van der Waals surface area contributed by atoms with Crippen LogP contribution in [0.15, 0.2) is 0 Å². The molecule has 0 radical (unpaired) electrons. The van der Waals surface area contributed by atoms with Gasteiger partial charge in [-0.1, -0.05) is 6.92 Å². The van der Waals surface area contributed by atoms with Crippen molar-refractivity contribution in [1.29, 1.82) is 0 Å². The van der Waals surface area contributed by atoms with E-state index in [1.165, 1.54) is 0 Å². The van der Waals surface area contributed by atoms with Gasteiger partial charge in [0.25, 0.3) is 0 Å². The predicted molar refractivity (Wildman–Crippen MR) is 49.6 cm³/mol. The van der Waals surface area contributed by atoms with Gasteiger partial charge in [-0.05, 0) is 13.8 Å². The van der Waals surface area contributed by atoms with Crippen LogP contribution in [0, 0.1) is 0 Å². The fourth-order valence-corrected chi connectivity index (χ4v) is 0.732. The highest BCUT2D eigenvalue weighted by molar-refractivity contribution is 7.80. The van der Waals surface area contributed by atoms with Crippen LogP contribution < -0.4 is 11.1 Å². The predicted octanol–water partition coefficient (Wildman–Crippen LogP) is 0.632. The largest absolute Gasteiger partial charge is 0.324 e. The van der Waals surface area contributed by atoms with Gasteiger partial charge in [0.2, 0.25) is 0 Å². The average Bonchev–Trinajstić information content (AvgIpc) is 1.59. The third-order valence-corrected chi connectivity index (χ3v) is 1.20. The third kappa shape index (κ3) is 8.27. The van der Waals surface area contributed by atoms with E-state index >= 15 is 0 Å². The molecule has 3 N–H and O–H groups in total. The van der Waals surface area contributed by atoms with Crippen LogP contribution in [0.1, 0.15) is 20.8 Å². The Kier molecular flexibility index (Phi) is 4.32. The fourth-order valence-electron chi connectivity index (χ4n) is 0.603. The Morgan fingerprint density at radius 1 is 1.60 bits per heavy atom. The summed E-state index contributed by atoms with van der Waals surface area (Å²) in [6.07, 6.45) is 0. The SMILES string of the molecule is CC(S)CNCC(C)(C)N. The van der Waals surface area contributed by atoms with Crippen molar-refractivity contribution in [1.82, 2.24) is 5.32 Å². The number of thiol groups is 1. The summed E-state index contributed by atoms with van der Waals surface area (Å²) in [5, 5.41) is 3.63. The minimum atomic E-state index is -0.108. The molecule has 0 rings (SSSR count). The van der Waals surface area contributed by atoms with E-state index in [4.69, 9.17) is 5.73 Å². The maximum atomic E-state index is 5.73.